The fourth-order valence-electron chi connectivity index (χ4n) is 2.08. The first kappa shape index (κ1) is 17.3. The van der Waals surface area contributed by atoms with Gasteiger partial charge in [-0.25, -0.2) is 0 Å². The molecule has 25 heavy (non-hydrogen) atoms. The molecule has 1 fully saturated rings. The minimum atomic E-state index is -4.80. The lowest BCUT2D eigenvalue weighted by atomic mass is 10.0. The number of hydrogen-bond donors (Lipinski definition) is 1. The first-order valence-electron chi connectivity index (χ1n) is 7.24. The fourth-order valence-corrected chi connectivity index (χ4v) is 2.08. The van der Waals surface area contributed by atoms with E-state index in [9.17, 15) is 26.7 Å². The number of carbonyl (C=O) groups is 1. The van der Waals surface area contributed by atoms with Crippen LogP contribution in [0.25, 0.3) is 11.4 Å². The topological polar surface area (TPSA) is 68.0 Å². The largest absolute Gasteiger partial charge is 0.471 e. The summed E-state index contributed by atoms with van der Waals surface area (Å²) < 4.78 is 69.7. The summed E-state index contributed by atoms with van der Waals surface area (Å²) in [7, 11) is 0. The minimum absolute atomic E-state index is 0.0494. The lowest BCUT2D eigenvalue weighted by Gasteiger charge is -2.19. The first-order chi connectivity index (χ1) is 11.5. The summed E-state index contributed by atoms with van der Waals surface area (Å²) in [6, 6.07) is 4.07. The van der Waals surface area contributed by atoms with Gasteiger partial charge in [0.1, 0.15) is 0 Å². The van der Waals surface area contributed by atoms with E-state index in [2.05, 4.69) is 20.0 Å². The van der Waals surface area contributed by atoms with Gasteiger partial charge in [-0.3, -0.25) is 4.79 Å². The second kappa shape index (κ2) is 5.50. The maximum absolute atomic E-state index is 14.2. The van der Waals surface area contributed by atoms with Gasteiger partial charge >= 0.3 is 18.0 Å². The Morgan fingerprint density at radius 2 is 1.76 bits per heavy atom. The van der Waals surface area contributed by atoms with Gasteiger partial charge in [0.05, 0.1) is 0 Å². The summed E-state index contributed by atoms with van der Waals surface area (Å²) in [4.78, 5) is 14.9. The molecule has 5 nitrogen and oxygen atoms in total. The van der Waals surface area contributed by atoms with Crippen LogP contribution in [0.15, 0.2) is 28.8 Å². The van der Waals surface area contributed by atoms with Gasteiger partial charge in [0.25, 0.3) is 5.91 Å². The van der Waals surface area contributed by atoms with E-state index in [0.29, 0.717) is 12.8 Å². The molecule has 0 atom stereocenters. The van der Waals surface area contributed by atoms with E-state index in [1.807, 2.05) is 0 Å². The van der Waals surface area contributed by atoms with Crippen molar-refractivity contribution in [1.29, 1.82) is 0 Å². The lowest BCUT2D eigenvalue weighted by Crippen LogP contribution is -2.43. The number of carbonyl (C=O) groups excluding carboxylic acids is 1. The normalized spacial score (nSPS) is 16.6. The highest BCUT2D eigenvalue weighted by molar-refractivity contribution is 5.85. The third-order valence-electron chi connectivity index (χ3n) is 3.87. The van der Waals surface area contributed by atoms with E-state index in [4.69, 9.17) is 0 Å². The molecule has 0 unspecified atom stereocenters. The highest BCUT2D eigenvalue weighted by Gasteiger charge is 2.47. The molecule has 0 radical (unpaired) electrons. The number of nitrogens with zero attached hydrogens (tertiary/aromatic N) is 2. The van der Waals surface area contributed by atoms with Crippen molar-refractivity contribution in [3.8, 4) is 11.4 Å². The number of halogens is 5. The number of nitrogens with one attached hydrogen (secondary N) is 1. The Morgan fingerprint density at radius 1 is 1.16 bits per heavy atom. The number of aromatic nitrogens is 2. The van der Waals surface area contributed by atoms with Crippen LogP contribution in [-0.2, 0) is 16.9 Å². The monoisotopic (exact) mass is 361 g/mol. The Labute approximate surface area is 138 Å². The second-order valence-electron chi connectivity index (χ2n) is 6.09. The summed E-state index contributed by atoms with van der Waals surface area (Å²) in [5.74, 6) is -7.11. The zero-order valence-electron chi connectivity index (χ0n) is 12.8. The van der Waals surface area contributed by atoms with Crippen molar-refractivity contribution in [1.82, 2.24) is 15.5 Å². The SMILES string of the molecule is CC1(NC(=O)C(F)(F)c2ccc(-c3noc(C(F)(F)F)n3)cc2)CC1. The van der Waals surface area contributed by atoms with Crippen molar-refractivity contribution in [2.45, 2.75) is 37.4 Å². The lowest BCUT2D eigenvalue weighted by molar-refractivity contribution is -0.159. The van der Waals surface area contributed by atoms with E-state index in [-0.39, 0.29) is 5.56 Å². The second-order valence-corrected chi connectivity index (χ2v) is 6.09. The molecule has 0 saturated heterocycles. The Hall–Kier alpha value is -2.52. The van der Waals surface area contributed by atoms with Crippen LogP contribution >= 0.6 is 0 Å². The average Bonchev–Trinajstić information content (AvgIpc) is 3.05. The predicted molar refractivity (Wildman–Crippen MR) is 74.4 cm³/mol. The molecule has 2 aromatic rings. The molecular weight excluding hydrogens is 349 g/mol. The summed E-state index contributed by atoms with van der Waals surface area (Å²) in [6.45, 7) is 1.67. The summed E-state index contributed by atoms with van der Waals surface area (Å²) >= 11 is 0. The van der Waals surface area contributed by atoms with Crippen LogP contribution in [0.3, 0.4) is 0 Å². The number of hydrogen-bond acceptors (Lipinski definition) is 4. The third-order valence-corrected chi connectivity index (χ3v) is 3.87. The molecule has 0 aliphatic heterocycles. The Kier molecular flexibility index (Phi) is 3.81. The molecule has 10 heteroatoms. The van der Waals surface area contributed by atoms with E-state index < -0.39 is 40.8 Å². The van der Waals surface area contributed by atoms with Crippen molar-refractivity contribution in [3.63, 3.8) is 0 Å². The molecule has 1 aliphatic carbocycles. The number of rotatable bonds is 4. The van der Waals surface area contributed by atoms with Crippen molar-refractivity contribution in [2.24, 2.45) is 0 Å². The zero-order valence-corrected chi connectivity index (χ0v) is 12.8. The number of benzene rings is 1. The van der Waals surface area contributed by atoms with Crippen molar-refractivity contribution in [2.75, 3.05) is 0 Å². The number of alkyl halides is 5. The van der Waals surface area contributed by atoms with Gasteiger partial charge in [0, 0.05) is 16.7 Å². The van der Waals surface area contributed by atoms with E-state index >= 15 is 0 Å². The Morgan fingerprint density at radius 3 is 2.24 bits per heavy atom. The Bertz CT molecular complexity index is 794. The molecule has 0 spiro atoms. The molecule has 1 aliphatic rings. The summed E-state index contributed by atoms with van der Waals surface area (Å²) in [6.07, 6.45) is -3.53. The van der Waals surface area contributed by atoms with Gasteiger partial charge < -0.3 is 9.84 Å². The Balaban J connectivity index is 1.79. The van der Waals surface area contributed by atoms with Gasteiger partial charge in [0.2, 0.25) is 5.82 Å². The summed E-state index contributed by atoms with van der Waals surface area (Å²) in [5.41, 5.74) is -1.13. The predicted octanol–water partition coefficient (Wildman–Crippen LogP) is 3.52. The highest BCUT2D eigenvalue weighted by atomic mass is 19.4. The maximum Gasteiger partial charge on any atom is 0.471 e. The molecule has 1 aromatic heterocycles. The maximum atomic E-state index is 14.2. The van der Waals surface area contributed by atoms with Crippen LogP contribution in [0.4, 0.5) is 22.0 Å². The van der Waals surface area contributed by atoms with E-state index in [1.54, 1.807) is 6.92 Å². The molecule has 1 amide bonds. The van der Waals surface area contributed by atoms with Gasteiger partial charge in [0.15, 0.2) is 0 Å². The van der Waals surface area contributed by atoms with Crippen molar-refractivity contribution >= 4 is 5.91 Å². The standard InChI is InChI=1S/C15H12F5N3O2/c1-13(6-7-13)22-11(24)14(16,17)9-4-2-8(3-5-9)10-21-12(25-23-10)15(18,19)20/h2-5H,6-7H2,1H3,(H,22,24). The van der Waals surface area contributed by atoms with Crippen LogP contribution in [0, 0.1) is 0 Å². The molecule has 0 bridgehead atoms. The molecule has 3 rings (SSSR count). The molecular formula is C15H12F5N3O2. The van der Waals surface area contributed by atoms with Crippen LogP contribution in [0.1, 0.15) is 31.2 Å². The van der Waals surface area contributed by atoms with Crippen LogP contribution in [0.5, 0.6) is 0 Å². The zero-order chi connectivity index (χ0) is 18.5. The van der Waals surface area contributed by atoms with Gasteiger partial charge in [-0.05, 0) is 19.8 Å². The van der Waals surface area contributed by atoms with Gasteiger partial charge in [-0.1, -0.05) is 29.4 Å². The van der Waals surface area contributed by atoms with E-state index in [1.165, 1.54) is 0 Å². The summed E-state index contributed by atoms with van der Waals surface area (Å²) in [5, 5.41) is 5.45. The molecule has 1 aromatic carbocycles. The number of amides is 1. The minimum Gasteiger partial charge on any atom is -0.345 e. The first-order valence-corrected chi connectivity index (χ1v) is 7.24. The van der Waals surface area contributed by atoms with Crippen LogP contribution < -0.4 is 5.32 Å². The van der Waals surface area contributed by atoms with Crippen molar-refractivity contribution < 1.29 is 31.3 Å². The molecule has 1 N–H and O–H groups in total. The smallest absolute Gasteiger partial charge is 0.345 e. The molecule has 1 heterocycles. The third kappa shape index (κ3) is 3.47. The van der Waals surface area contributed by atoms with Crippen LogP contribution in [0.2, 0.25) is 0 Å². The van der Waals surface area contributed by atoms with Gasteiger partial charge in [-0.15, -0.1) is 0 Å². The molecule has 134 valence electrons. The highest BCUT2D eigenvalue weighted by Crippen LogP contribution is 2.37. The quantitative estimate of drug-likeness (QED) is 0.847. The average molecular weight is 361 g/mol. The van der Waals surface area contributed by atoms with E-state index in [0.717, 1.165) is 24.3 Å². The van der Waals surface area contributed by atoms with Gasteiger partial charge in [-0.2, -0.15) is 26.9 Å². The fraction of sp³-hybridized carbons (Fsp3) is 0.400. The van der Waals surface area contributed by atoms with Crippen molar-refractivity contribution in [3.05, 3.63) is 35.7 Å². The molecule has 1 saturated carbocycles. The van der Waals surface area contributed by atoms with Crippen LogP contribution in [-0.4, -0.2) is 21.6 Å².